The van der Waals surface area contributed by atoms with Crippen molar-refractivity contribution < 1.29 is 44.3 Å². The Morgan fingerprint density at radius 2 is 2.36 bits per heavy atom. The third-order valence-electron chi connectivity index (χ3n) is 3.74. The minimum atomic E-state index is -1.32. The van der Waals surface area contributed by atoms with Crippen LogP contribution in [-0.4, -0.2) is 38.5 Å². The molecule has 0 saturated carbocycles. The number of carboxylic acid groups (broad SMARTS) is 1. The minimum absolute atomic E-state index is 0. The first-order chi connectivity index (χ1) is 10.1. The Bertz CT molecular complexity index is 703. The maximum absolute atomic E-state index is 12.1. The summed E-state index contributed by atoms with van der Waals surface area (Å²) in [5, 5.41) is 19.8. The summed E-state index contributed by atoms with van der Waals surface area (Å²) in [4.78, 5) is 24.2. The number of fused-ring (bicyclic) bond motifs is 2. The number of carbonyl (C=O) groups is 2. The van der Waals surface area contributed by atoms with Crippen molar-refractivity contribution in [3.05, 3.63) is 34.1 Å². The van der Waals surface area contributed by atoms with Crippen LogP contribution in [0.4, 0.5) is 0 Å². The SMILES string of the molecule is O=C([O-])C1=CSC2/C(=C\c3cc4n(n3)CCNC4)C(=O)N12.[Na+]. The molecule has 22 heavy (non-hydrogen) atoms. The van der Waals surface area contributed by atoms with E-state index in [1.165, 1.54) is 22.1 Å². The summed E-state index contributed by atoms with van der Waals surface area (Å²) >= 11 is 1.30. The Morgan fingerprint density at radius 3 is 3.09 bits per heavy atom. The van der Waals surface area contributed by atoms with Gasteiger partial charge >= 0.3 is 29.6 Å². The smallest absolute Gasteiger partial charge is 0.543 e. The standard InChI is InChI=1S/C13H12N4O3S.Na/c18-11-9(12-17(11)10(6-21-12)13(19)20)4-7-3-8-5-14-1-2-16(8)15-7;/h3-4,6,12,14H,1-2,5H2,(H,19,20);/q;+1/p-1/b9-4-;. The molecule has 4 rings (SSSR count). The molecule has 1 aromatic heterocycles. The maximum Gasteiger partial charge on any atom is 1.00 e. The Balaban J connectivity index is 0.00000144. The Kier molecular flexibility index (Phi) is 4.21. The van der Waals surface area contributed by atoms with Crippen LogP contribution >= 0.6 is 11.8 Å². The summed E-state index contributed by atoms with van der Waals surface area (Å²) in [6.07, 6.45) is 1.74. The third-order valence-corrected chi connectivity index (χ3v) is 4.82. The number of thioether (sulfide) groups is 1. The van der Waals surface area contributed by atoms with E-state index < -0.39 is 5.97 Å². The van der Waals surface area contributed by atoms with E-state index in [9.17, 15) is 14.7 Å². The number of aromatic nitrogens is 2. The van der Waals surface area contributed by atoms with Crippen molar-refractivity contribution in [3.8, 4) is 0 Å². The summed E-state index contributed by atoms with van der Waals surface area (Å²) in [6, 6.07) is 1.95. The summed E-state index contributed by atoms with van der Waals surface area (Å²) in [6.45, 7) is 2.47. The molecule has 0 spiro atoms. The average Bonchev–Trinajstić information content (AvgIpc) is 3.05. The molecule has 1 amide bonds. The van der Waals surface area contributed by atoms with Crippen LogP contribution < -0.4 is 40.0 Å². The van der Waals surface area contributed by atoms with Gasteiger partial charge in [-0.1, -0.05) is 0 Å². The molecule has 0 aromatic carbocycles. The largest absolute Gasteiger partial charge is 1.00 e. The molecule has 0 radical (unpaired) electrons. The molecule has 1 aromatic rings. The molecular weight excluding hydrogens is 315 g/mol. The van der Waals surface area contributed by atoms with Crippen LogP contribution in [0.1, 0.15) is 11.4 Å². The van der Waals surface area contributed by atoms with Gasteiger partial charge in [-0.2, -0.15) is 5.10 Å². The van der Waals surface area contributed by atoms with E-state index >= 15 is 0 Å². The van der Waals surface area contributed by atoms with Gasteiger partial charge in [-0.15, -0.1) is 11.8 Å². The van der Waals surface area contributed by atoms with E-state index in [1.807, 2.05) is 10.7 Å². The van der Waals surface area contributed by atoms with Gasteiger partial charge in [-0.05, 0) is 17.6 Å². The van der Waals surface area contributed by atoms with Crippen LogP contribution in [0.5, 0.6) is 0 Å². The number of amides is 1. The van der Waals surface area contributed by atoms with E-state index in [0.717, 1.165) is 31.0 Å². The summed E-state index contributed by atoms with van der Waals surface area (Å²) in [5.41, 5.74) is 2.35. The van der Waals surface area contributed by atoms with E-state index in [4.69, 9.17) is 0 Å². The van der Waals surface area contributed by atoms with Crippen molar-refractivity contribution >= 4 is 29.7 Å². The Morgan fingerprint density at radius 1 is 1.55 bits per heavy atom. The molecule has 4 heterocycles. The van der Waals surface area contributed by atoms with Gasteiger partial charge in [-0.25, -0.2) is 0 Å². The average molecular weight is 326 g/mol. The third kappa shape index (κ3) is 2.35. The number of aliphatic carboxylic acids is 1. The number of carbonyl (C=O) groups excluding carboxylic acids is 2. The number of hydrogen-bond donors (Lipinski definition) is 1. The Labute approximate surface area is 152 Å². The molecule has 1 atom stereocenters. The molecule has 7 nitrogen and oxygen atoms in total. The van der Waals surface area contributed by atoms with Crippen molar-refractivity contribution in [2.45, 2.75) is 18.5 Å². The number of rotatable bonds is 2. The van der Waals surface area contributed by atoms with Crippen molar-refractivity contribution in [1.82, 2.24) is 20.0 Å². The number of hydrogen-bond acceptors (Lipinski definition) is 6. The van der Waals surface area contributed by atoms with Crippen molar-refractivity contribution in [2.75, 3.05) is 6.54 Å². The zero-order valence-corrected chi connectivity index (χ0v) is 14.7. The van der Waals surface area contributed by atoms with Gasteiger partial charge in [0.25, 0.3) is 5.91 Å². The number of nitrogens with zero attached hydrogens (tertiary/aromatic N) is 3. The first-order valence-electron chi connectivity index (χ1n) is 6.55. The molecule has 1 N–H and O–H groups in total. The molecule has 0 aliphatic carbocycles. The first-order valence-corrected chi connectivity index (χ1v) is 7.49. The van der Waals surface area contributed by atoms with E-state index in [1.54, 1.807) is 6.08 Å². The molecule has 108 valence electrons. The van der Waals surface area contributed by atoms with Gasteiger partial charge in [0.15, 0.2) is 0 Å². The van der Waals surface area contributed by atoms with Crippen LogP contribution in [0, 0.1) is 0 Å². The monoisotopic (exact) mass is 326 g/mol. The fourth-order valence-corrected chi connectivity index (χ4v) is 3.82. The minimum Gasteiger partial charge on any atom is -0.543 e. The predicted octanol–water partition coefficient (Wildman–Crippen LogP) is -4.12. The van der Waals surface area contributed by atoms with Crippen LogP contribution in [0.15, 0.2) is 22.7 Å². The summed E-state index contributed by atoms with van der Waals surface area (Å²) < 4.78 is 1.93. The fourth-order valence-electron chi connectivity index (χ4n) is 2.70. The van der Waals surface area contributed by atoms with Crippen LogP contribution in [0.3, 0.4) is 0 Å². The topological polar surface area (TPSA) is 90.3 Å². The van der Waals surface area contributed by atoms with Gasteiger partial charge in [0.2, 0.25) is 0 Å². The van der Waals surface area contributed by atoms with E-state index in [2.05, 4.69) is 10.4 Å². The zero-order chi connectivity index (χ0) is 14.6. The molecule has 1 fully saturated rings. The summed E-state index contributed by atoms with van der Waals surface area (Å²) in [5.74, 6) is -1.61. The molecule has 1 saturated heterocycles. The Hall–Kier alpha value is -1.06. The zero-order valence-electron chi connectivity index (χ0n) is 11.9. The maximum atomic E-state index is 12.1. The second kappa shape index (κ2) is 5.86. The molecule has 1 unspecified atom stereocenters. The molecule has 0 bridgehead atoms. The van der Waals surface area contributed by atoms with E-state index in [0.29, 0.717) is 5.57 Å². The van der Waals surface area contributed by atoms with Gasteiger partial charge in [0.1, 0.15) is 5.37 Å². The molecule has 3 aliphatic heterocycles. The van der Waals surface area contributed by atoms with Crippen LogP contribution in [0.2, 0.25) is 0 Å². The van der Waals surface area contributed by atoms with E-state index in [-0.39, 0.29) is 46.5 Å². The van der Waals surface area contributed by atoms with Crippen LogP contribution in [0.25, 0.3) is 6.08 Å². The quantitative estimate of drug-likeness (QED) is 0.337. The van der Waals surface area contributed by atoms with Gasteiger partial charge in [-0.3, -0.25) is 14.4 Å². The first kappa shape index (κ1) is 15.8. The van der Waals surface area contributed by atoms with Gasteiger partial charge < -0.3 is 15.2 Å². The normalized spacial score (nSPS) is 24.3. The second-order valence-electron chi connectivity index (χ2n) is 5.01. The van der Waals surface area contributed by atoms with Crippen molar-refractivity contribution in [1.29, 1.82) is 0 Å². The number of β-lactam (4-membered cyclic amide) rings is 1. The fraction of sp³-hybridized carbons (Fsp3) is 0.308. The second-order valence-corrected chi connectivity index (χ2v) is 5.97. The van der Waals surface area contributed by atoms with Gasteiger partial charge in [0, 0.05) is 13.1 Å². The molecule has 9 heteroatoms. The van der Waals surface area contributed by atoms with Crippen molar-refractivity contribution in [2.24, 2.45) is 0 Å². The van der Waals surface area contributed by atoms with Gasteiger partial charge in [0.05, 0.1) is 35.2 Å². The number of nitrogens with one attached hydrogen (secondary N) is 1. The molecule has 3 aliphatic rings. The summed E-state index contributed by atoms with van der Waals surface area (Å²) in [7, 11) is 0. The molecular formula is C13H11N4NaO3S. The number of carboxylic acids is 1. The van der Waals surface area contributed by atoms with Crippen molar-refractivity contribution in [3.63, 3.8) is 0 Å². The van der Waals surface area contributed by atoms with Crippen LogP contribution in [-0.2, 0) is 22.7 Å². The predicted molar refractivity (Wildman–Crippen MR) is 73.2 cm³/mol.